The highest BCUT2D eigenvalue weighted by Crippen LogP contribution is 2.27. The Kier molecular flexibility index (Phi) is 6.64. The van der Waals surface area contributed by atoms with Gasteiger partial charge < -0.3 is 15.4 Å². The monoisotopic (exact) mass is 232 g/mol. The quantitative estimate of drug-likeness (QED) is 0.666. The van der Waals surface area contributed by atoms with Crippen LogP contribution in [0.1, 0.15) is 12.8 Å². The number of nitrogens with two attached hydrogens (primary N) is 1. The van der Waals surface area contributed by atoms with Gasteiger partial charge in [-0.3, -0.25) is 0 Å². The summed E-state index contributed by atoms with van der Waals surface area (Å²) in [6, 6.07) is 0.567. The molecule has 0 amide bonds. The van der Waals surface area contributed by atoms with E-state index in [9.17, 15) is 0 Å². The molecule has 3 nitrogen and oxygen atoms in total. The predicted octanol–water partition coefficient (Wildman–Crippen LogP) is 1.04. The summed E-state index contributed by atoms with van der Waals surface area (Å²) < 4.78 is 5.07. The zero-order valence-corrected chi connectivity index (χ0v) is 10.8. The molecule has 0 saturated carbocycles. The van der Waals surface area contributed by atoms with E-state index < -0.39 is 0 Å². The van der Waals surface area contributed by atoms with Crippen molar-refractivity contribution in [2.45, 2.75) is 18.9 Å². The maximum atomic E-state index is 5.88. The highest BCUT2D eigenvalue weighted by Gasteiger charge is 2.26. The van der Waals surface area contributed by atoms with E-state index in [2.05, 4.69) is 23.7 Å². The molecule has 2 unspecified atom stereocenters. The van der Waals surface area contributed by atoms with Crippen LogP contribution in [0.4, 0.5) is 0 Å². The molecule has 1 aliphatic rings. The first kappa shape index (κ1) is 13.3. The molecule has 0 aromatic carbocycles. The molecule has 0 spiro atoms. The third-order valence-corrected chi connectivity index (χ3v) is 4.36. The molecule has 1 aliphatic heterocycles. The number of nitrogens with zero attached hydrogens (tertiary/aromatic N) is 1. The molecule has 0 aromatic heterocycles. The van der Waals surface area contributed by atoms with E-state index in [0.717, 1.165) is 32.0 Å². The summed E-state index contributed by atoms with van der Waals surface area (Å²) in [4.78, 5) is 2.41. The Labute approximate surface area is 97.7 Å². The van der Waals surface area contributed by atoms with Gasteiger partial charge in [0.05, 0.1) is 0 Å². The lowest BCUT2D eigenvalue weighted by Crippen LogP contribution is -2.44. The molecule has 0 aromatic rings. The molecular weight excluding hydrogens is 208 g/mol. The van der Waals surface area contributed by atoms with Gasteiger partial charge in [0.25, 0.3) is 0 Å². The van der Waals surface area contributed by atoms with Crippen LogP contribution in [0.2, 0.25) is 0 Å². The van der Waals surface area contributed by atoms with E-state index in [0.29, 0.717) is 6.04 Å². The first-order chi connectivity index (χ1) is 7.29. The smallest absolute Gasteiger partial charge is 0.0474 e. The molecule has 90 valence electrons. The van der Waals surface area contributed by atoms with Gasteiger partial charge in [-0.25, -0.2) is 0 Å². The van der Waals surface area contributed by atoms with Crippen LogP contribution in [-0.4, -0.2) is 56.3 Å². The number of ether oxygens (including phenoxy) is 1. The van der Waals surface area contributed by atoms with Gasteiger partial charge in [-0.05, 0) is 37.3 Å². The second kappa shape index (κ2) is 7.49. The van der Waals surface area contributed by atoms with Crippen LogP contribution in [0.15, 0.2) is 0 Å². The number of methoxy groups -OCH3 is 1. The zero-order valence-electron chi connectivity index (χ0n) is 9.95. The Morgan fingerprint density at radius 1 is 1.60 bits per heavy atom. The summed E-state index contributed by atoms with van der Waals surface area (Å²) in [6.07, 6.45) is 2.44. The summed E-state index contributed by atoms with van der Waals surface area (Å²) in [5.74, 6) is 3.40. The topological polar surface area (TPSA) is 38.5 Å². The van der Waals surface area contributed by atoms with E-state index in [1.54, 1.807) is 7.11 Å². The number of likely N-dealkylation sites (N-methyl/N-ethyl adjacent to an activating group) is 1. The molecule has 15 heavy (non-hydrogen) atoms. The second-order valence-corrected chi connectivity index (χ2v) is 5.40. The molecule has 0 bridgehead atoms. The standard InChI is InChI=1S/C11H24N2OS/c1-13(5-3-6-14-2)11(8-12)10-4-7-15-9-10/h10-11H,3-9,12H2,1-2H3. The molecule has 4 heteroatoms. The number of rotatable bonds is 7. The molecule has 1 heterocycles. The SMILES string of the molecule is COCCCN(C)C(CN)C1CCSC1. The average molecular weight is 232 g/mol. The minimum atomic E-state index is 0.567. The third kappa shape index (κ3) is 4.31. The Morgan fingerprint density at radius 3 is 2.93 bits per heavy atom. The van der Waals surface area contributed by atoms with Crippen molar-refractivity contribution in [2.24, 2.45) is 11.7 Å². The molecule has 1 saturated heterocycles. The van der Waals surface area contributed by atoms with Crippen molar-refractivity contribution in [3.05, 3.63) is 0 Å². The van der Waals surface area contributed by atoms with Crippen LogP contribution in [0.3, 0.4) is 0 Å². The van der Waals surface area contributed by atoms with E-state index in [1.807, 2.05) is 0 Å². The molecule has 2 N–H and O–H groups in total. The Morgan fingerprint density at radius 2 is 2.40 bits per heavy atom. The summed E-state index contributed by atoms with van der Waals surface area (Å²) in [7, 11) is 3.95. The van der Waals surface area contributed by atoms with Crippen LogP contribution < -0.4 is 5.73 Å². The minimum Gasteiger partial charge on any atom is -0.385 e. The molecular formula is C11H24N2OS. The molecule has 1 fully saturated rings. The van der Waals surface area contributed by atoms with Crippen LogP contribution in [0.25, 0.3) is 0 Å². The fourth-order valence-electron chi connectivity index (χ4n) is 2.21. The molecule has 2 atom stereocenters. The Bertz CT molecular complexity index is 163. The molecule has 0 radical (unpaired) electrons. The largest absolute Gasteiger partial charge is 0.385 e. The maximum Gasteiger partial charge on any atom is 0.0474 e. The van der Waals surface area contributed by atoms with Gasteiger partial charge in [-0.1, -0.05) is 0 Å². The highest BCUT2D eigenvalue weighted by molar-refractivity contribution is 7.99. The van der Waals surface area contributed by atoms with E-state index in [1.165, 1.54) is 17.9 Å². The fourth-order valence-corrected chi connectivity index (χ4v) is 3.54. The summed E-state index contributed by atoms with van der Waals surface area (Å²) >= 11 is 2.06. The van der Waals surface area contributed by atoms with Crippen molar-refractivity contribution in [3.63, 3.8) is 0 Å². The Balaban J connectivity index is 2.28. The van der Waals surface area contributed by atoms with Gasteiger partial charge in [0, 0.05) is 32.8 Å². The predicted molar refractivity (Wildman–Crippen MR) is 67.4 cm³/mol. The first-order valence-electron chi connectivity index (χ1n) is 5.76. The number of hydrogen-bond donors (Lipinski definition) is 1. The maximum absolute atomic E-state index is 5.88. The van der Waals surface area contributed by atoms with Crippen molar-refractivity contribution in [3.8, 4) is 0 Å². The minimum absolute atomic E-state index is 0.567. The Hall–Kier alpha value is 0.230. The summed E-state index contributed by atoms with van der Waals surface area (Å²) in [5, 5.41) is 0. The zero-order chi connectivity index (χ0) is 11.1. The highest BCUT2D eigenvalue weighted by atomic mass is 32.2. The van der Waals surface area contributed by atoms with Gasteiger partial charge in [0.2, 0.25) is 0 Å². The van der Waals surface area contributed by atoms with Gasteiger partial charge >= 0.3 is 0 Å². The van der Waals surface area contributed by atoms with Crippen LogP contribution >= 0.6 is 11.8 Å². The molecule has 1 rings (SSSR count). The van der Waals surface area contributed by atoms with Gasteiger partial charge in [-0.2, -0.15) is 11.8 Å². The first-order valence-corrected chi connectivity index (χ1v) is 6.92. The third-order valence-electron chi connectivity index (χ3n) is 3.18. The van der Waals surface area contributed by atoms with Crippen LogP contribution in [-0.2, 0) is 4.74 Å². The van der Waals surface area contributed by atoms with Gasteiger partial charge in [-0.15, -0.1) is 0 Å². The van der Waals surface area contributed by atoms with Crippen molar-refractivity contribution in [1.82, 2.24) is 4.90 Å². The number of hydrogen-bond acceptors (Lipinski definition) is 4. The van der Waals surface area contributed by atoms with Gasteiger partial charge in [0.15, 0.2) is 0 Å². The normalized spacial score (nSPS) is 23.6. The molecule has 0 aliphatic carbocycles. The lowest BCUT2D eigenvalue weighted by molar-refractivity contribution is 0.149. The van der Waals surface area contributed by atoms with Crippen LogP contribution in [0.5, 0.6) is 0 Å². The van der Waals surface area contributed by atoms with Gasteiger partial charge in [0.1, 0.15) is 0 Å². The van der Waals surface area contributed by atoms with E-state index in [-0.39, 0.29) is 0 Å². The average Bonchev–Trinajstić information content (AvgIpc) is 2.73. The van der Waals surface area contributed by atoms with Crippen molar-refractivity contribution in [2.75, 3.05) is 45.4 Å². The summed E-state index contributed by atoms with van der Waals surface area (Å²) in [6.45, 7) is 2.73. The van der Waals surface area contributed by atoms with Crippen molar-refractivity contribution < 1.29 is 4.74 Å². The van der Waals surface area contributed by atoms with Crippen molar-refractivity contribution in [1.29, 1.82) is 0 Å². The lowest BCUT2D eigenvalue weighted by Gasteiger charge is -2.31. The lowest BCUT2D eigenvalue weighted by atomic mass is 9.98. The van der Waals surface area contributed by atoms with Crippen molar-refractivity contribution >= 4 is 11.8 Å². The van der Waals surface area contributed by atoms with E-state index in [4.69, 9.17) is 10.5 Å². The van der Waals surface area contributed by atoms with Crippen LogP contribution in [0, 0.1) is 5.92 Å². The number of thioether (sulfide) groups is 1. The second-order valence-electron chi connectivity index (χ2n) is 4.25. The summed E-state index contributed by atoms with van der Waals surface area (Å²) in [5.41, 5.74) is 5.88. The fraction of sp³-hybridized carbons (Fsp3) is 1.00. The van der Waals surface area contributed by atoms with E-state index >= 15 is 0 Å².